The molecule has 1 heterocycles. The Hall–Kier alpha value is -1.26. The second-order valence-corrected chi connectivity index (χ2v) is 5.61. The summed E-state index contributed by atoms with van der Waals surface area (Å²) in [6.45, 7) is 3.44. The largest absolute Gasteiger partial charge is 0.491 e. The number of ether oxygens (including phenoxy) is 1. The number of hydrogen-bond acceptors (Lipinski definition) is 3. The number of halogens is 1. The highest BCUT2D eigenvalue weighted by Crippen LogP contribution is 2.23. The Morgan fingerprint density at radius 2 is 2.25 bits per heavy atom. The van der Waals surface area contributed by atoms with Gasteiger partial charge in [-0.05, 0) is 24.5 Å². The van der Waals surface area contributed by atoms with Crippen molar-refractivity contribution in [3.8, 4) is 5.75 Å². The SMILES string of the molecule is CC1CCN(C(=O)CCOc2ccccc2Cl)CC1O. The van der Waals surface area contributed by atoms with Gasteiger partial charge < -0.3 is 14.7 Å². The smallest absolute Gasteiger partial charge is 0.226 e. The van der Waals surface area contributed by atoms with E-state index in [1.54, 1.807) is 17.0 Å². The topological polar surface area (TPSA) is 49.8 Å². The summed E-state index contributed by atoms with van der Waals surface area (Å²) in [5.41, 5.74) is 0. The first-order valence-electron chi connectivity index (χ1n) is 6.91. The van der Waals surface area contributed by atoms with Gasteiger partial charge in [0.1, 0.15) is 5.75 Å². The highest BCUT2D eigenvalue weighted by Gasteiger charge is 2.26. The number of amides is 1. The van der Waals surface area contributed by atoms with E-state index in [0.717, 1.165) is 6.42 Å². The number of benzene rings is 1. The van der Waals surface area contributed by atoms with Crippen molar-refractivity contribution < 1.29 is 14.6 Å². The summed E-state index contributed by atoms with van der Waals surface area (Å²) in [6, 6.07) is 7.20. The molecule has 1 aromatic rings. The van der Waals surface area contributed by atoms with Gasteiger partial charge in [-0.25, -0.2) is 0 Å². The number of aliphatic hydroxyl groups is 1. The van der Waals surface area contributed by atoms with Crippen molar-refractivity contribution in [2.45, 2.75) is 25.9 Å². The lowest BCUT2D eigenvalue weighted by molar-refractivity contribution is -0.135. The van der Waals surface area contributed by atoms with E-state index in [1.165, 1.54) is 0 Å². The third-order valence-electron chi connectivity index (χ3n) is 3.68. The van der Waals surface area contributed by atoms with Crippen molar-refractivity contribution in [2.75, 3.05) is 19.7 Å². The molecule has 2 atom stereocenters. The number of piperidine rings is 1. The molecule has 1 aromatic carbocycles. The number of β-amino-alcohol motifs (C(OH)–C–C–N with tert-alkyl or cyclic N) is 1. The number of nitrogens with zero attached hydrogens (tertiary/aromatic N) is 1. The maximum absolute atomic E-state index is 12.0. The Morgan fingerprint density at radius 1 is 1.50 bits per heavy atom. The van der Waals surface area contributed by atoms with Gasteiger partial charge >= 0.3 is 0 Å². The second kappa shape index (κ2) is 6.95. The van der Waals surface area contributed by atoms with Gasteiger partial charge in [0.15, 0.2) is 0 Å². The highest BCUT2D eigenvalue weighted by molar-refractivity contribution is 6.32. The molecule has 1 N–H and O–H groups in total. The van der Waals surface area contributed by atoms with Crippen LogP contribution in [0.25, 0.3) is 0 Å². The number of hydrogen-bond donors (Lipinski definition) is 1. The van der Waals surface area contributed by atoms with Gasteiger partial charge in [0.25, 0.3) is 0 Å². The fourth-order valence-corrected chi connectivity index (χ4v) is 2.43. The Morgan fingerprint density at radius 3 is 2.95 bits per heavy atom. The third-order valence-corrected chi connectivity index (χ3v) is 3.99. The average Bonchev–Trinajstić information content (AvgIpc) is 2.44. The zero-order valence-corrected chi connectivity index (χ0v) is 12.3. The van der Waals surface area contributed by atoms with Crippen LogP contribution in [0.1, 0.15) is 19.8 Å². The molecule has 2 rings (SSSR count). The first-order chi connectivity index (χ1) is 9.58. The van der Waals surface area contributed by atoms with Crippen LogP contribution in [-0.4, -0.2) is 41.7 Å². The van der Waals surface area contributed by atoms with Gasteiger partial charge in [0.2, 0.25) is 5.91 Å². The minimum atomic E-state index is -0.419. The Balaban J connectivity index is 1.77. The van der Waals surface area contributed by atoms with Crippen LogP contribution in [0, 0.1) is 5.92 Å². The van der Waals surface area contributed by atoms with E-state index >= 15 is 0 Å². The number of para-hydroxylation sites is 1. The van der Waals surface area contributed by atoms with Crippen LogP contribution < -0.4 is 4.74 Å². The number of rotatable bonds is 4. The van der Waals surface area contributed by atoms with Crippen LogP contribution in [0.4, 0.5) is 0 Å². The number of aliphatic hydroxyl groups excluding tert-OH is 1. The Labute approximate surface area is 124 Å². The normalized spacial score (nSPS) is 22.6. The molecule has 0 aromatic heterocycles. The molecule has 0 radical (unpaired) electrons. The van der Waals surface area contributed by atoms with Gasteiger partial charge in [0.05, 0.1) is 24.2 Å². The van der Waals surface area contributed by atoms with E-state index in [-0.39, 0.29) is 11.8 Å². The molecule has 1 fully saturated rings. The molecular formula is C15H20ClNO3. The van der Waals surface area contributed by atoms with Crippen molar-refractivity contribution in [1.29, 1.82) is 0 Å². The minimum Gasteiger partial charge on any atom is -0.491 e. The molecule has 1 aliphatic rings. The Kier molecular flexibility index (Phi) is 5.26. The summed E-state index contributed by atoms with van der Waals surface area (Å²) in [4.78, 5) is 13.7. The quantitative estimate of drug-likeness (QED) is 0.928. The van der Waals surface area contributed by atoms with Crippen molar-refractivity contribution in [3.05, 3.63) is 29.3 Å². The van der Waals surface area contributed by atoms with Crippen molar-refractivity contribution >= 4 is 17.5 Å². The maximum atomic E-state index is 12.0. The summed E-state index contributed by atoms with van der Waals surface area (Å²) in [5, 5.41) is 10.3. The van der Waals surface area contributed by atoms with E-state index < -0.39 is 6.10 Å². The summed E-state index contributed by atoms with van der Waals surface area (Å²) < 4.78 is 5.50. The molecule has 1 amide bonds. The fourth-order valence-electron chi connectivity index (χ4n) is 2.24. The summed E-state index contributed by atoms with van der Waals surface area (Å²) in [5.74, 6) is 0.871. The predicted octanol–water partition coefficient (Wildman–Crippen LogP) is 2.34. The molecule has 0 spiro atoms. The first kappa shape index (κ1) is 15.1. The molecule has 0 saturated carbocycles. The van der Waals surface area contributed by atoms with E-state index in [2.05, 4.69) is 0 Å². The van der Waals surface area contributed by atoms with Crippen LogP contribution >= 0.6 is 11.6 Å². The number of carbonyl (C=O) groups is 1. The standard InChI is InChI=1S/C15H20ClNO3/c1-11-6-8-17(10-13(11)18)15(19)7-9-20-14-5-3-2-4-12(14)16/h2-5,11,13,18H,6-10H2,1H3. The molecule has 5 heteroatoms. The van der Waals surface area contributed by atoms with Crippen LogP contribution in [-0.2, 0) is 4.79 Å². The zero-order valence-electron chi connectivity index (χ0n) is 11.6. The van der Waals surface area contributed by atoms with Crippen LogP contribution in [0.2, 0.25) is 5.02 Å². The number of carbonyl (C=O) groups excluding carboxylic acids is 1. The molecular weight excluding hydrogens is 278 g/mol. The number of likely N-dealkylation sites (tertiary alicyclic amines) is 1. The highest BCUT2D eigenvalue weighted by atomic mass is 35.5. The van der Waals surface area contributed by atoms with Crippen LogP contribution in [0.3, 0.4) is 0 Å². The monoisotopic (exact) mass is 297 g/mol. The van der Waals surface area contributed by atoms with E-state index in [4.69, 9.17) is 16.3 Å². The van der Waals surface area contributed by atoms with Crippen molar-refractivity contribution in [3.63, 3.8) is 0 Å². The second-order valence-electron chi connectivity index (χ2n) is 5.20. The minimum absolute atomic E-state index is 0.0167. The van der Waals surface area contributed by atoms with Gasteiger partial charge in [0, 0.05) is 13.1 Å². The average molecular weight is 298 g/mol. The van der Waals surface area contributed by atoms with E-state index in [9.17, 15) is 9.90 Å². The maximum Gasteiger partial charge on any atom is 0.226 e. The lowest BCUT2D eigenvalue weighted by Gasteiger charge is -2.34. The summed E-state index contributed by atoms with van der Waals surface area (Å²) in [6.07, 6.45) is 0.724. The zero-order chi connectivity index (χ0) is 14.5. The molecule has 2 unspecified atom stereocenters. The first-order valence-corrected chi connectivity index (χ1v) is 7.29. The van der Waals surface area contributed by atoms with Crippen molar-refractivity contribution in [2.24, 2.45) is 5.92 Å². The molecule has 0 bridgehead atoms. The lowest BCUT2D eigenvalue weighted by atomic mass is 9.96. The van der Waals surface area contributed by atoms with Crippen molar-refractivity contribution in [1.82, 2.24) is 4.90 Å². The summed E-state index contributed by atoms with van der Waals surface area (Å²) >= 11 is 5.97. The van der Waals surface area contributed by atoms with Gasteiger partial charge in [-0.2, -0.15) is 0 Å². The van der Waals surface area contributed by atoms with Gasteiger partial charge in [-0.3, -0.25) is 4.79 Å². The summed E-state index contributed by atoms with van der Waals surface area (Å²) in [7, 11) is 0. The molecule has 4 nitrogen and oxygen atoms in total. The van der Waals surface area contributed by atoms with Crippen LogP contribution in [0.5, 0.6) is 5.75 Å². The Bertz CT molecular complexity index is 466. The van der Waals surface area contributed by atoms with Gasteiger partial charge in [-0.1, -0.05) is 30.7 Å². The fraction of sp³-hybridized carbons (Fsp3) is 0.533. The van der Waals surface area contributed by atoms with Gasteiger partial charge in [-0.15, -0.1) is 0 Å². The van der Waals surface area contributed by atoms with Crippen LogP contribution in [0.15, 0.2) is 24.3 Å². The molecule has 1 aliphatic heterocycles. The third kappa shape index (κ3) is 3.87. The molecule has 20 heavy (non-hydrogen) atoms. The van der Waals surface area contributed by atoms with E-state index in [1.807, 2.05) is 19.1 Å². The lowest BCUT2D eigenvalue weighted by Crippen LogP contribution is -2.46. The molecule has 110 valence electrons. The van der Waals surface area contributed by atoms with E-state index in [0.29, 0.717) is 36.9 Å². The molecule has 0 aliphatic carbocycles. The molecule has 1 saturated heterocycles. The predicted molar refractivity (Wildman–Crippen MR) is 77.9 cm³/mol.